The van der Waals surface area contributed by atoms with Crippen LogP contribution in [-0.4, -0.2) is 19.2 Å². The average Bonchev–Trinajstić information content (AvgIpc) is 2.72. The summed E-state index contributed by atoms with van der Waals surface area (Å²) in [6, 6.07) is 26.5. The summed E-state index contributed by atoms with van der Waals surface area (Å²) < 4.78 is 11.0. The first kappa shape index (κ1) is 16.2. The number of para-hydroxylation sites is 2. The fourth-order valence-electron chi connectivity index (χ4n) is 3.19. The molecule has 0 aliphatic heterocycles. The van der Waals surface area contributed by atoms with E-state index in [-0.39, 0.29) is 0 Å². The number of fused-ring (bicyclic) bond motifs is 1. The Morgan fingerprint density at radius 1 is 0.692 bits per heavy atom. The summed E-state index contributed by atoms with van der Waals surface area (Å²) in [6.07, 6.45) is 0. The van der Waals surface area contributed by atoms with Gasteiger partial charge in [-0.2, -0.15) is 0 Å². The number of rotatable bonds is 4. The Bertz CT molecular complexity index is 1070. The number of hydrogen-bond acceptors (Lipinski definition) is 3. The molecule has 1 heterocycles. The molecule has 4 rings (SSSR count). The molecule has 0 amide bonds. The highest BCUT2D eigenvalue weighted by Crippen LogP contribution is 2.38. The van der Waals surface area contributed by atoms with Crippen molar-refractivity contribution in [2.75, 3.05) is 14.2 Å². The lowest BCUT2D eigenvalue weighted by atomic mass is 10.00. The van der Waals surface area contributed by atoms with E-state index in [1.807, 2.05) is 42.5 Å². The third kappa shape index (κ3) is 2.88. The largest absolute Gasteiger partial charge is 0.493 e. The van der Waals surface area contributed by atoms with Crippen LogP contribution in [0.15, 0.2) is 78.9 Å². The van der Waals surface area contributed by atoms with Crippen molar-refractivity contribution in [2.24, 2.45) is 0 Å². The second-order valence-corrected chi connectivity index (χ2v) is 6.01. The van der Waals surface area contributed by atoms with Crippen molar-refractivity contribution in [3.8, 4) is 33.9 Å². The van der Waals surface area contributed by atoms with Gasteiger partial charge in [0.05, 0.1) is 25.4 Å². The van der Waals surface area contributed by atoms with Crippen molar-refractivity contribution < 1.29 is 9.47 Å². The van der Waals surface area contributed by atoms with Gasteiger partial charge in [0.15, 0.2) is 11.5 Å². The monoisotopic (exact) mass is 341 g/mol. The highest BCUT2D eigenvalue weighted by atomic mass is 16.5. The first-order valence-electron chi connectivity index (χ1n) is 8.48. The summed E-state index contributed by atoms with van der Waals surface area (Å²) in [5, 5.41) is 1.14. The number of aromatic nitrogens is 1. The number of nitrogens with zero attached hydrogens (tertiary/aromatic N) is 1. The Kier molecular flexibility index (Phi) is 4.28. The van der Waals surface area contributed by atoms with Gasteiger partial charge in [0.25, 0.3) is 0 Å². The smallest absolute Gasteiger partial charge is 0.168 e. The van der Waals surface area contributed by atoms with Crippen molar-refractivity contribution in [1.29, 1.82) is 0 Å². The van der Waals surface area contributed by atoms with Crippen molar-refractivity contribution in [3.05, 3.63) is 78.9 Å². The molecule has 1 aromatic heterocycles. The maximum atomic E-state index is 5.58. The van der Waals surface area contributed by atoms with Gasteiger partial charge >= 0.3 is 0 Å². The Balaban J connectivity index is 1.82. The van der Waals surface area contributed by atoms with E-state index in [1.165, 1.54) is 0 Å². The van der Waals surface area contributed by atoms with Crippen molar-refractivity contribution >= 4 is 10.9 Å². The Labute approximate surface area is 152 Å². The molecule has 128 valence electrons. The van der Waals surface area contributed by atoms with Gasteiger partial charge in [0, 0.05) is 16.5 Å². The van der Waals surface area contributed by atoms with E-state index in [0.29, 0.717) is 0 Å². The molecular weight excluding hydrogens is 322 g/mol. The molecule has 0 saturated heterocycles. The second-order valence-electron chi connectivity index (χ2n) is 6.01. The fraction of sp³-hybridized carbons (Fsp3) is 0.0870. The highest BCUT2D eigenvalue weighted by molar-refractivity contribution is 5.83. The molecule has 26 heavy (non-hydrogen) atoms. The van der Waals surface area contributed by atoms with Crippen LogP contribution < -0.4 is 9.47 Å². The molecule has 3 nitrogen and oxygen atoms in total. The van der Waals surface area contributed by atoms with Gasteiger partial charge in [0.2, 0.25) is 0 Å². The number of hydrogen-bond donors (Lipinski definition) is 0. The predicted octanol–water partition coefficient (Wildman–Crippen LogP) is 5.59. The molecule has 3 aromatic carbocycles. The number of methoxy groups -OCH3 is 2. The van der Waals surface area contributed by atoms with Crippen LogP contribution in [0.4, 0.5) is 0 Å². The predicted molar refractivity (Wildman–Crippen MR) is 106 cm³/mol. The zero-order chi connectivity index (χ0) is 17.9. The maximum Gasteiger partial charge on any atom is 0.168 e. The van der Waals surface area contributed by atoms with Crippen molar-refractivity contribution in [1.82, 2.24) is 4.98 Å². The molecule has 0 aliphatic rings. The van der Waals surface area contributed by atoms with Crippen LogP contribution in [0.1, 0.15) is 0 Å². The molecule has 3 heteroatoms. The molecule has 0 unspecified atom stereocenters. The first-order chi connectivity index (χ1) is 12.8. The molecule has 0 N–H and O–H groups in total. The summed E-state index contributed by atoms with van der Waals surface area (Å²) in [6.45, 7) is 0. The van der Waals surface area contributed by atoms with E-state index in [0.717, 1.165) is 44.8 Å². The number of benzene rings is 3. The quantitative estimate of drug-likeness (QED) is 0.485. The van der Waals surface area contributed by atoms with Gasteiger partial charge in [-0.3, -0.25) is 0 Å². The minimum atomic E-state index is 0.722. The van der Waals surface area contributed by atoms with Crippen molar-refractivity contribution in [2.45, 2.75) is 0 Å². The lowest BCUT2D eigenvalue weighted by molar-refractivity contribution is 0.356. The number of pyridine rings is 1. The Hall–Kier alpha value is -3.33. The zero-order valence-corrected chi connectivity index (χ0v) is 14.8. The molecule has 0 spiro atoms. The van der Waals surface area contributed by atoms with E-state index in [9.17, 15) is 0 Å². The van der Waals surface area contributed by atoms with E-state index >= 15 is 0 Å². The summed E-state index contributed by atoms with van der Waals surface area (Å²) >= 11 is 0. The standard InChI is InChI=1S/C23H19NO2/c1-25-22-12-6-10-19(23(22)26-2)17-8-5-9-18(15-17)21-14-13-16-7-3-4-11-20(16)24-21/h3-15H,1-2H3. The Morgan fingerprint density at radius 2 is 1.50 bits per heavy atom. The molecule has 0 aliphatic carbocycles. The van der Waals surface area contributed by atoms with Crippen LogP contribution in [0.3, 0.4) is 0 Å². The van der Waals surface area contributed by atoms with E-state index in [2.05, 4.69) is 36.4 Å². The summed E-state index contributed by atoms with van der Waals surface area (Å²) in [5.41, 5.74) is 5.07. The van der Waals surface area contributed by atoms with Gasteiger partial charge in [-0.1, -0.05) is 54.6 Å². The van der Waals surface area contributed by atoms with Crippen LogP contribution in [0, 0.1) is 0 Å². The first-order valence-corrected chi connectivity index (χ1v) is 8.48. The lowest BCUT2D eigenvalue weighted by Crippen LogP contribution is -1.93. The van der Waals surface area contributed by atoms with Crippen LogP contribution >= 0.6 is 0 Å². The second kappa shape index (κ2) is 6.89. The molecule has 0 atom stereocenters. The molecular formula is C23H19NO2. The molecule has 0 radical (unpaired) electrons. The summed E-state index contributed by atoms with van der Waals surface area (Å²) in [4.78, 5) is 4.80. The minimum Gasteiger partial charge on any atom is -0.493 e. The minimum absolute atomic E-state index is 0.722. The molecule has 0 bridgehead atoms. The van der Waals surface area contributed by atoms with E-state index in [4.69, 9.17) is 14.5 Å². The maximum absolute atomic E-state index is 5.58. The van der Waals surface area contributed by atoms with Gasteiger partial charge in [-0.15, -0.1) is 0 Å². The lowest BCUT2D eigenvalue weighted by Gasteiger charge is -2.13. The van der Waals surface area contributed by atoms with Crippen LogP contribution in [-0.2, 0) is 0 Å². The topological polar surface area (TPSA) is 31.4 Å². The van der Waals surface area contributed by atoms with Gasteiger partial charge in [0.1, 0.15) is 0 Å². The molecule has 0 fully saturated rings. The summed E-state index contributed by atoms with van der Waals surface area (Å²) in [5.74, 6) is 1.46. The Morgan fingerprint density at radius 3 is 2.35 bits per heavy atom. The highest BCUT2D eigenvalue weighted by Gasteiger charge is 2.12. The normalized spacial score (nSPS) is 10.7. The van der Waals surface area contributed by atoms with Gasteiger partial charge < -0.3 is 9.47 Å². The zero-order valence-electron chi connectivity index (χ0n) is 14.8. The van der Waals surface area contributed by atoms with E-state index < -0.39 is 0 Å². The van der Waals surface area contributed by atoms with Crippen LogP contribution in [0.25, 0.3) is 33.3 Å². The fourth-order valence-corrected chi connectivity index (χ4v) is 3.19. The van der Waals surface area contributed by atoms with Gasteiger partial charge in [-0.05, 0) is 29.8 Å². The van der Waals surface area contributed by atoms with Gasteiger partial charge in [-0.25, -0.2) is 4.98 Å². The molecule has 4 aromatic rings. The van der Waals surface area contributed by atoms with Crippen molar-refractivity contribution in [3.63, 3.8) is 0 Å². The van der Waals surface area contributed by atoms with E-state index in [1.54, 1.807) is 14.2 Å². The number of ether oxygens (including phenoxy) is 2. The third-order valence-electron chi connectivity index (χ3n) is 4.47. The molecule has 0 saturated carbocycles. The average molecular weight is 341 g/mol. The summed E-state index contributed by atoms with van der Waals surface area (Å²) in [7, 11) is 3.31. The van der Waals surface area contributed by atoms with Crippen LogP contribution in [0.5, 0.6) is 11.5 Å². The third-order valence-corrected chi connectivity index (χ3v) is 4.47. The van der Waals surface area contributed by atoms with Crippen LogP contribution in [0.2, 0.25) is 0 Å². The SMILES string of the molecule is COc1cccc(-c2cccc(-c3ccc4ccccc4n3)c2)c1OC.